The average molecular weight is 339 g/mol. The Morgan fingerprint density at radius 1 is 1.30 bits per heavy atom. The molecule has 0 aliphatic carbocycles. The van der Waals surface area contributed by atoms with Gasteiger partial charge in [-0.05, 0) is 19.3 Å². The van der Waals surface area contributed by atoms with Crippen molar-refractivity contribution in [3.05, 3.63) is 23.0 Å². The van der Waals surface area contributed by atoms with Crippen LogP contribution in [0, 0.1) is 0 Å². The molecule has 3 heterocycles. The molecule has 0 N–H and O–H groups in total. The first-order chi connectivity index (χ1) is 11.0. The molecular formula is C14H21N5O3S. The van der Waals surface area contributed by atoms with Gasteiger partial charge in [0, 0.05) is 26.2 Å². The lowest BCUT2D eigenvalue weighted by Gasteiger charge is -2.31. The summed E-state index contributed by atoms with van der Waals surface area (Å²) in [5.41, 5.74) is 1.18. The minimum atomic E-state index is -3.17. The third kappa shape index (κ3) is 2.78. The second kappa shape index (κ2) is 6.04. The number of rotatable bonds is 4. The molecule has 9 heteroatoms. The summed E-state index contributed by atoms with van der Waals surface area (Å²) in [5.74, 6) is 0.180. The van der Waals surface area contributed by atoms with Crippen LogP contribution in [0.25, 0.3) is 11.2 Å². The van der Waals surface area contributed by atoms with Crippen molar-refractivity contribution in [1.29, 1.82) is 0 Å². The van der Waals surface area contributed by atoms with Gasteiger partial charge in [0.25, 0.3) is 0 Å². The van der Waals surface area contributed by atoms with E-state index in [1.165, 1.54) is 15.2 Å². The molecule has 3 rings (SSSR count). The fourth-order valence-electron chi connectivity index (χ4n) is 3.19. The summed E-state index contributed by atoms with van der Waals surface area (Å²) >= 11 is 0. The number of imidazole rings is 1. The van der Waals surface area contributed by atoms with E-state index in [4.69, 9.17) is 0 Å². The molecule has 0 radical (unpaired) electrons. The first-order valence-electron chi connectivity index (χ1n) is 7.80. The summed E-state index contributed by atoms with van der Waals surface area (Å²) in [7, 11) is -1.47. The Bertz CT molecular complexity index is 862. The van der Waals surface area contributed by atoms with Crippen LogP contribution in [0.2, 0.25) is 0 Å². The van der Waals surface area contributed by atoms with Crippen LogP contribution < -0.4 is 5.69 Å². The second-order valence-electron chi connectivity index (χ2n) is 5.89. The summed E-state index contributed by atoms with van der Waals surface area (Å²) in [6, 6.07) is -0.0332. The average Bonchev–Trinajstić information content (AvgIpc) is 2.79. The Morgan fingerprint density at radius 3 is 2.65 bits per heavy atom. The predicted octanol–water partition coefficient (Wildman–Crippen LogP) is 0.507. The van der Waals surface area contributed by atoms with E-state index in [0.29, 0.717) is 43.5 Å². The van der Waals surface area contributed by atoms with E-state index in [1.54, 1.807) is 17.8 Å². The van der Waals surface area contributed by atoms with Crippen molar-refractivity contribution >= 4 is 21.2 Å². The molecule has 0 unspecified atom stereocenters. The maximum Gasteiger partial charge on any atom is 0.330 e. The zero-order valence-corrected chi connectivity index (χ0v) is 14.2. The molecule has 0 spiro atoms. The van der Waals surface area contributed by atoms with Crippen molar-refractivity contribution in [2.75, 3.05) is 18.8 Å². The van der Waals surface area contributed by atoms with Gasteiger partial charge in [0.15, 0.2) is 5.65 Å². The number of piperidine rings is 1. The lowest BCUT2D eigenvalue weighted by molar-refractivity contribution is 0.272. The number of nitrogens with zero attached hydrogens (tertiary/aromatic N) is 5. The molecule has 0 bridgehead atoms. The number of sulfonamides is 1. The van der Waals surface area contributed by atoms with Crippen LogP contribution in [0.15, 0.2) is 17.3 Å². The van der Waals surface area contributed by atoms with Crippen molar-refractivity contribution in [2.45, 2.75) is 32.2 Å². The molecule has 23 heavy (non-hydrogen) atoms. The van der Waals surface area contributed by atoms with Crippen LogP contribution in [0.3, 0.4) is 0 Å². The summed E-state index contributed by atoms with van der Waals surface area (Å²) in [5, 5.41) is 0. The van der Waals surface area contributed by atoms with E-state index < -0.39 is 10.0 Å². The summed E-state index contributed by atoms with van der Waals surface area (Å²) in [4.78, 5) is 20.7. The van der Waals surface area contributed by atoms with Gasteiger partial charge in [-0.15, -0.1) is 0 Å². The van der Waals surface area contributed by atoms with Crippen molar-refractivity contribution in [1.82, 2.24) is 23.4 Å². The van der Waals surface area contributed by atoms with Crippen LogP contribution >= 0.6 is 0 Å². The maximum absolute atomic E-state index is 12.5. The first kappa shape index (κ1) is 16.1. The smallest absolute Gasteiger partial charge is 0.292 e. The largest absolute Gasteiger partial charge is 0.330 e. The van der Waals surface area contributed by atoms with E-state index >= 15 is 0 Å². The fourth-order valence-corrected chi connectivity index (χ4v) is 4.73. The monoisotopic (exact) mass is 339 g/mol. The summed E-state index contributed by atoms with van der Waals surface area (Å²) < 4.78 is 29.0. The van der Waals surface area contributed by atoms with E-state index in [0.717, 1.165) is 0 Å². The standard InChI is InChI=1S/C14H21N5O3S/c1-3-8-23(21,22)18-6-4-11(5-7-18)19-13-12(9-15-10-16-13)17(2)14(19)20/h9-11H,3-8H2,1-2H3. The number of hydrogen-bond donors (Lipinski definition) is 0. The van der Waals surface area contributed by atoms with Crippen LogP contribution in [-0.2, 0) is 17.1 Å². The first-order valence-corrected chi connectivity index (χ1v) is 9.41. The van der Waals surface area contributed by atoms with Crippen molar-refractivity contribution < 1.29 is 8.42 Å². The van der Waals surface area contributed by atoms with Crippen LogP contribution in [0.4, 0.5) is 0 Å². The summed E-state index contributed by atoms with van der Waals surface area (Å²) in [6.07, 6.45) is 4.90. The molecule has 126 valence electrons. The maximum atomic E-state index is 12.5. The van der Waals surface area contributed by atoms with Crippen LogP contribution in [0.1, 0.15) is 32.2 Å². The van der Waals surface area contributed by atoms with E-state index in [1.807, 2.05) is 6.92 Å². The van der Waals surface area contributed by atoms with Gasteiger partial charge >= 0.3 is 5.69 Å². The second-order valence-corrected chi connectivity index (χ2v) is 7.98. The highest BCUT2D eigenvalue weighted by molar-refractivity contribution is 7.89. The highest BCUT2D eigenvalue weighted by Gasteiger charge is 2.30. The Morgan fingerprint density at radius 2 is 2.00 bits per heavy atom. The van der Waals surface area contributed by atoms with Gasteiger partial charge in [-0.3, -0.25) is 9.13 Å². The van der Waals surface area contributed by atoms with Gasteiger partial charge in [0.1, 0.15) is 11.8 Å². The van der Waals surface area contributed by atoms with E-state index in [-0.39, 0.29) is 17.5 Å². The Kier molecular flexibility index (Phi) is 4.24. The predicted molar refractivity (Wildman–Crippen MR) is 86.7 cm³/mol. The third-order valence-electron chi connectivity index (χ3n) is 4.40. The molecule has 1 aliphatic heterocycles. The number of aromatic nitrogens is 4. The van der Waals surface area contributed by atoms with Gasteiger partial charge in [0.2, 0.25) is 10.0 Å². The molecule has 0 saturated carbocycles. The number of hydrogen-bond acceptors (Lipinski definition) is 5. The lowest BCUT2D eigenvalue weighted by atomic mass is 10.1. The molecule has 0 aromatic carbocycles. The normalized spacial score (nSPS) is 17.8. The van der Waals surface area contributed by atoms with Gasteiger partial charge in [-0.2, -0.15) is 0 Å². The fraction of sp³-hybridized carbons (Fsp3) is 0.643. The zero-order chi connectivity index (χ0) is 16.6. The number of aryl methyl sites for hydroxylation is 1. The number of fused-ring (bicyclic) bond motifs is 1. The zero-order valence-electron chi connectivity index (χ0n) is 13.3. The van der Waals surface area contributed by atoms with Gasteiger partial charge in [-0.1, -0.05) is 6.92 Å². The minimum Gasteiger partial charge on any atom is -0.292 e. The molecule has 2 aromatic heterocycles. The molecule has 0 atom stereocenters. The highest BCUT2D eigenvalue weighted by Crippen LogP contribution is 2.25. The van der Waals surface area contributed by atoms with Crippen LogP contribution in [-0.4, -0.2) is 50.7 Å². The summed E-state index contributed by atoms with van der Waals surface area (Å²) in [6.45, 7) is 2.75. The Labute approximate surface area is 134 Å². The SMILES string of the molecule is CCCS(=O)(=O)N1CCC(n2c(=O)n(C)c3cncnc32)CC1. The topological polar surface area (TPSA) is 90.1 Å². The van der Waals surface area contributed by atoms with Gasteiger partial charge in [-0.25, -0.2) is 27.5 Å². The van der Waals surface area contributed by atoms with Gasteiger partial charge < -0.3 is 0 Å². The van der Waals surface area contributed by atoms with E-state index in [9.17, 15) is 13.2 Å². The van der Waals surface area contributed by atoms with Crippen molar-refractivity contribution in [3.63, 3.8) is 0 Å². The molecule has 0 amide bonds. The molecular weight excluding hydrogens is 318 g/mol. The van der Waals surface area contributed by atoms with Crippen molar-refractivity contribution in [2.24, 2.45) is 7.05 Å². The Hall–Kier alpha value is -1.74. The molecule has 1 saturated heterocycles. The Balaban J connectivity index is 1.87. The molecule has 2 aromatic rings. The third-order valence-corrected chi connectivity index (χ3v) is 6.48. The quantitative estimate of drug-likeness (QED) is 0.809. The lowest BCUT2D eigenvalue weighted by Crippen LogP contribution is -2.41. The molecule has 1 fully saturated rings. The minimum absolute atomic E-state index is 0.0332. The van der Waals surface area contributed by atoms with Crippen LogP contribution in [0.5, 0.6) is 0 Å². The highest BCUT2D eigenvalue weighted by atomic mass is 32.2. The van der Waals surface area contributed by atoms with E-state index in [2.05, 4.69) is 9.97 Å². The molecule has 8 nitrogen and oxygen atoms in total. The van der Waals surface area contributed by atoms with Gasteiger partial charge in [0.05, 0.1) is 11.9 Å². The van der Waals surface area contributed by atoms with Crippen molar-refractivity contribution in [3.8, 4) is 0 Å². The molecule has 1 aliphatic rings.